The molecule has 0 bridgehead atoms. The van der Waals surface area contributed by atoms with Gasteiger partial charge in [0, 0.05) is 36.2 Å². The first-order valence-corrected chi connectivity index (χ1v) is 10.0. The van der Waals surface area contributed by atoms with Crippen molar-refractivity contribution in [3.8, 4) is 11.4 Å². The van der Waals surface area contributed by atoms with E-state index in [1.54, 1.807) is 36.9 Å². The number of nitrogens with zero attached hydrogens (tertiary/aromatic N) is 4. The second kappa shape index (κ2) is 9.00. The van der Waals surface area contributed by atoms with Gasteiger partial charge in [0.2, 0.25) is 0 Å². The zero-order chi connectivity index (χ0) is 21.8. The Morgan fingerprint density at radius 2 is 1.87 bits per heavy atom. The normalized spacial score (nSPS) is 18.4. The third kappa shape index (κ3) is 4.75. The summed E-state index contributed by atoms with van der Waals surface area (Å²) in [6.07, 6.45) is 10.2. The molecular formula is C21H23FN8O. The lowest BCUT2D eigenvalue weighted by Crippen LogP contribution is -2.43. The average Bonchev–Trinajstić information content (AvgIpc) is 2.78. The lowest BCUT2D eigenvalue weighted by Gasteiger charge is -2.30. The summed E-state index contributed by atoms with van der Waals surface area (Å²) in [5.74, 6) is -0.833. The van der Waals surface area contributed by atoms with Gasteiger partial charge in [0.15, 0.2) is 17.5 Å². The fourth-order valence-electron chi connectivity index (χ4n) is 3.60. The van der Waals surface area contributed by atoms with Crippen molar-refractivity contribution in [2.75, 3.05) is 10.6 Å². The van der Waals surface area contributed by atoms with Crippen LogP contribution in [-0.2, 0) is 0 Å². The van der Waals surface area contributed by atoms with Gasteiger partial charge in [-0.2, -0.15) is 0 Å². The molecule has 2 atom stereocenters. The number of nitrogens with one attached hydrogen (secondary N) is 2. The molecule has 1 saturated carbocycles. The molecule has 1 aliphatic carbocycles. The van der Waals surface area contributed by atoms with Gasteiger partial charge in [0.25, 0.3) is 5.91 Å². The predicted octanol–water partition coefficient (Wildman–Crippen LogP) is 2.60. The summed E-state index contributed by atoms with van der Waals surface area (Å²) >= 11 is 0. The lowest BCUT2D eigenvalue weighted by atomic mass is 9.91. The van der Waals surface area contributed by atoms with Crippen LogP contribution in [0.15, 0.2) is 43.0 Å². The molecule has 0 aliphatic heterocycles. The van der Waals surface area contributed by atoms with Crippen LogP contribution in [0.4, 0.5) is 21.7 Å². The predicted molar refractivity (Wildman–Crippen MR) is 115 cm³/mol. The highest BCUT2D eigenvalue weighted by Crippen LogP contribution is 2.27. The highest BCUT2D eigenvalue weighted by molar-refractivity contribution is 5.98. The maximum Gasteiger partial charge on any atom is 0.252 e. The number of pyridine rings is 2. The lowest BCUT2D eigenvalue weighted by molar-refractivity contribution is 0.100. The summed E-state index contributed by atoms with van der Waals surface area (Å²) in [4.78, 5) is 28.8. The first-order chi connectivity index (χ1) is 15.0. The second-order valence-corrected chi connectivity index (χ2v) is 7.44. The molecule has 3 aromatic rings. The van der Waals surface area contributed by atoms with E-state index in [0.29, 0.717) is 17.1 Å². The van der Waals surface area contributed by atoms with E-state index in [2.05, 4.69) is 30.6 Å². The van der Waals surface area contributed by atoms with Crippen LogP contribution in [0, 0.1) is 5.82 Å². The molecule has 3 heterocycles. The molecular weight excluding hydrogens is 399 g/mol. The molecule has 1 fully saturated rings. The molecule has 3 aromatic heterocycles. The van der Waals surface area contributed by atoms with Crippen molar-refractivity contribution in [1.29, 1.82) is 0 Å². The smallest absolute Gasteiger partial charge is 0.252 e. The molecule has 6 N–H and O–H groups in total. The summed E-state index contributed by atoms with van der Waals surface area (Å²) in [5, 5.41) is 6.10. The monoisotopic (exact) mass is 422 g/mol. The van der Waals surface area contributed by atoms with E-state index in [4.69, 9.17) is 11.5 Å². The Balaban J connectivity index is 1.64. The van der Waals surface area contributed by atoms with Gasteiger partial charge in [0.05, 0.1) is 17.4 Å². The number of hydrogen-bond donors (Lipinski definition) is 4. The van der Waals surface area contributed by atoms with Crippen molar-refractivity contribution in [1.82, 2.24) is 19.9 Å². The molecule has 0 aromatic carbocycles. The van der Waals surface area contributed by atoms with E-state index in [-0.39, 0.29) is 29.3 Å². The van der Waals surface area contributed by atoms with E-state index in [9.17, 15) is 9.18 Å². The summed E-state index contributed by atoms with van der Waals surface area (Å²) in [7, 11) is 0. The van der Waals surface area contributed by atoms with Crippen molar-refractivity contribution in [2.45, 2.75) is 37.8 Å². The van der Waals surface area contributed by atoms with E-state index in [1.165, 1.54) is 0 Å². The Hall–Kier alpha value is -3.66. The minimum absolute atomic E-state index is 0.0188. The number of carbonyl (C=O) groups excluding carboxylic acids is 1. The third-order valence-electron chi connectivity index (χ3n) is 5.21. The Morgan fingerprint density at radius 1 is 1.10 bits per heavy atom. The molecule has 1 aliphatic rings. The van der Waals surface area contributed by atoms with E-state index in [1.807, 2.05) is 0 Å². The van der Waals surface area contributed by atoms with Crippen LogP contribution in [0.3, 0.4) is 0 Å². The van der Waals surface area contributed by atoms with Crippen LogP contribution in [0.25, 0.3) is 11.4 Å². The third-order valence-corrected chi connectivity index (χ3v) is 5.21. The van der Waals surface area contributed by atoms with Crippen molar-refractivity contribution in [2.24, 2.45) is 11.5 Å². The molecule has 160 valence electrons. The number of amides is 1. The summed E-state index contributed by atoms with van der Waals surface area (Å²) in [6.45, 7) is 0. The average molecular weight is 422 g/mol. The molecule has 31 heavy (non-hydrogen) atoms. The minimum Gasteiger partial charge on any atom is -0.365 e. The van der Waals surface area contributed by atoms with Crippen LogP contribution in [0.2, 0.25) is 0 Å². The van der Waals surface area contributed by atoms with Gasteiger partial charge in [0.1, 0.15) is 5.82 Å². The minimum atomic E-state index is -0.801. The maximum absolute atomic E-state index is 14.7. The zero-order valence-electron chi connectivity index (χ0n) is 16.8. The molecule has 2 unspecified atom stereocenters. The number of carbonyl (C=O) groups is 1. The van der Waals surface area contributed by atoms with Crippen LogP contribution >= 0.6 is 0 Å². The summed E-state index contributed by atoms with van der Waals surface area (Å²) in [5.41, 5.74) is 12.7. The second-order valence-electron chi connectivity index (χ2n) is 7.44. The first-order valence-electron chi connectivity index (χ1n) is 10.0. The standard InChI is InChI=1S/C21H23FN8O/c22-15-9-14(18(24)31)20(30-21(15)29-17-5-2-1-4-16(17)23)28-13-8-12(10-25-11-13)19-26-6-3-7-27-19/h3,6-11,16-17H,1-2,4-5,23H2,(H2,24,31)(H2,28,29,30). The number of hydrogen-bond acceptors (Lipinski definition) is 8. The van der Waals surface area contributed by atoms with Gasteiger partial charge in [-0.3, -0.25) is 9.78 Å². The van der Waals surface area contributed by atoms with Gasteiger partial charge in [-0.25, -0.2) is 19.3 Å². The Labute approximate surface area is 178 Å². The van der Waals surface area contributed by atoms with E-state index < -0.39 is 11.7 Å². The van der Waals surface area contributed by atoms with Gasteiger partial charge in [-0.05, 0) is 31.0 Å². The van der Waals surface area contributed by atoms with Crippen LogP contribution in [0.1, 0.15) is 36.0 Å². The number of rotatable bonds is 6. The fourth-order valence-corrected chi connectivity index (χ4v) is 3.60. The van der Waals surface area contributed by atoms with E-state index >= 15 is 0 Å². The molecule has 4 rings (SSSR count). The van der Waals surface area contributed by atoms with Gasteiger partial charge in [-0.1, -0.05) is 12.8 Å². The maximum atomic E-state index is 14.7. The summed E-state index contributed by atoms with van der Waals surface area (Å²) in [6, 6.07) is 4.36. The largest absolute Gasteiger partial charge is 0.365 e. The van der Waals surface area contributed by atoms with Gasteiger partial charge >= 0.3 is 0 Å². The molecule has 10 heteroatoms. The van der Waals surface area contributed by atoms with Crippen LogP contribution in [0.5, 0.6) is 0 Å². The molecule has 9 nitrogen and oxygen atoms in total. The van der Waals surface area contributed by atoms with Crippen molar-refractivity contribution >= 4 is 23.2 Å². The topological polar surface area (TPSA) is 145 Å². The Kier molecular flexibility index (Phi) is 5.99. The number of aromatic nitrogens is 4. The van der Waals surface area contributed by atoms with Gasteiger partial charge < -0.3 is 22.1 Å². The Morgan fingerprint density at radius 3 is 2.61 bits per heavy atom. The van der Waals surface area contributed by atoms with Crippen LogP contribution < -0.4 is 22.1 Å². The first kappa shape index (κ1) is 20.6. The highest BCUT2D eigenvalue weighted by atomic mass is 19.1. The molecule has 0 radical (unpaired) electrons. The summed E-state index contributed by atoms with van der Waals surface area (Å²) < 4.78 is 14.7. The van der Waals surface area contributed by atoms with Crippen molar-refractivity contribution in [3.05, 3.63) is 54.4 Å². The zero-order valence-corrected chi connectivity index (χ0v) is 16.8. The van der Waals surface area contributed by atoms with Crippen molar-refractivity contribution in [3.63, 3.8) is 0 Å². The molecule has 1 amide bonds. The fraction of sp³-hybridized carbons (Fsp3) is 0.286. The van der Waals surface area contributed by atoms with Crippen molar-refractivity contribution < 1.29 is 9.18 Å². The Bertz CT molecular complexity index is 1080. The number of halogens is 1. The number of nitrogens with two attached hydrogens (primary N) is 2. The molecule has 0 saturated heterocycles. The molecule has 0 spiro atoms. The van der Waals surface area contributed by atoms with E-state index in [0.717, 1.165) is 31.7 Å². The van der Waals surface area contributed by atoms with Gasteiger partial charge in [-0.15, -0.1) is 0 Å². The quantitative estimate of drug-likeness (QED) is 0.474. The number of primary amides is 1. The SMILES string of the molecule is NC(=O)c1cc(F)c(NC2CCCCC2N)nc1Nc1cncc(-c2ncccn2)c1. The number of anilines is 3. The highest BCUT2D eigenvalue weighted by Gasteiger charge is 2.24. The van der Waals surface area contributed by atoms with Crippen LogP contribution in [-0.4, -0.2) is 37.9 Å².